The second-order valence-corrected chi connectivity index (χ2v) is 5.53. The van der Waals surface area contributed by atoms with Crippen LogP contribution in [0.4, 0.5) is 10.1 Å². The Bertz CT molecular complexity index is 1080. The van der Waals surface area contributed by atoms with Crippen molar-refractivity contribution in [1.82, 2.24) is 4.98 Å². The van der Waals surface area contributed by atoms with E-state index in [-0.39, 0.29) is 17.5 Å². The van der Waals surface area contributed by atoms with Gasteiger partial charge in [0.2, 0.25) is 0 Å². The molecule has 0 aliphatic heterocycles. The first kappa shape index (κ1) is 14.4. The molecule has 2 aromatic carbocycles. The van der Waals surface area contributed by atoms with Crippen molar-refractivity contribution >= 4 is 33.5 Å². The molecule has 2 heterocycles. The molecule has 2 aromatic heterocycles. The zero-order valence-corrected chi connectivity index (χ0v) is 12.8. The van der Waals surface area contributed by atoms with Gasteiger partial charge in [0.25, 0.3) is 5.91 Å². The van der Waals surface area contributed by atoms with Gasteiger partial charge in [0.05, 0.1) is 11.2 Å². The van der Waals surface area contributed by atoms with Crippen LogP contribution in [0.3, 0.4) is 0 Å². The minimum Gasteiger partial charge on any atom is -0.451 e. The summed E-state index contributed by atoms with van der Waals surface area (Å²) in [5, 5.41) is 4.35. The fourth-order valence-electron chi connectivity index (χ4n) is 2.79. The average molecular weight is 320 g/mol. The highest BCUT2D eigenvalue weighted by atomic mass is 19.1. The number of carbonyl (C=O) groups is 1. The average Bonchev–Trinajstić information content (AvgIpc) is 2.92. The third-order valence-electron chi connectivity index (χ3n) is 3.99. The summed E-state index contributed by atoms with van der Waals surface area (Å²) < 4.78 is 19.0. The van der Waals surface area contributed by atoms with Gasteiger partial charge in [-0.3, -0.25) is 9.78 Å². The highest BCUT2D eigenvalue weighted by Crippen LogP contribution is 2.27. The number of furan rings is 1. The predicted octanol–water partition coefficient (Wildman–Crippen LogP) is 4.68. The molecule has 4 rings (SSSR count). The fourth-order valence-corrected chi connectivity index (χ4v) is 2.79. The Morgan fingerprint density at radius 2 is 2.00 bits per heavy atom. The van der Waals surface area contributed by atoms with Gasteiger partial charge in [0.15, 0.2) is 5.76 Å². The molecular formula is C19H13FN2O2. The van der Waals surface area contributed by atoms with E-state index in [1.54, 1.807) is 19.2 Å². The van der Waals surface area contributed by atoms with Gasteiger partial charge in [-0.25, -0.2) is 4.39 Å². The van der Waals surface area contributed by atoms with Gasteiger partial charge in [0, 0.05) is 22.5 Å². The molecule has 0 unspecified atom stereocenters. The van der Waals surface area contributed by atoms with Crippen molar-refractivity contribution in [1.29, 1.82) is 0 Å². The molecule has 24 heavy (non-hydrogen) atoms. The zero-order valence-electron chi connectivity index (χ0n) is 12.8. The monoisotopic (exact) mass is 320 g/mol. The van der Waals surface area contributed by atoms with Crippen molar-refractivity contribution in [3.8, 4) is 0 Å². The van der Waals surface area contributed by atoms with Gasteiger partial charge >= 0.3 is 0 Å². The molecule has 1 amide bonds. The molecule has 4 nitrogen and oxygen atoms in total. The number of nitrogens with zero attached hydrogens (tertiary/aromatic N) is 1. The van der Waals surface area contributed by atoms with Crippen molar-refractivity contribution in [3.05, 3.63) is 71.9 Å². The molecule has 0 aliphatic rings. The number of aromatic nitrogens is 1. The van der Waals surface area contributed by atoms with E-state index in [1.807, 2.05) is 24.3 Å². The van der Waals surface area contributed by atoms with Gasteiger partial charge in [0.1, 0.15) is 11.4 Å². The third kappa shape index (κ3) is 2.31. The second kappa shape index (κ2) is 5.45. The Hall–Kier alpha value is -3.21. The SMILES string of the molecule is Cc1c(C(=O)Nc2cccc3cccnc23)oc2ccc(F)cc12. The fraction of sp³-hybridized carbons (Fsp3) is 0.0526. The first-order chi connectivity index (χ1) is 11.6. The highest BCUT2D eigenvalue weighted by molar-refractivity contribution is 6.09. The highest BCUT2D eigenvalue weighted by Gasteiger charge is 2.19. The number of hydrogen-bond donors (Lipinski definition) is 1. The van der Waals surface area contributed by atoms with E-state index in [0.717, 1.165) is 5.39 Å². The van der Waals surface area contributed by atoms with Crippen LogP contribution in [0.25, 0.3) is 21.9 Å². The number of anilines is 1. The molecule has 5 heteroatoms. The molecule has 0 spiro atoms. The minimum absolute atomic E-state index is 0.170. The Labute approximate surface area is 136 Å². The van der Waals surface area contributed by atoms with Crippen molar-refractivity contribution < 1.29 is 13.6 Å². The van der Waals surface area contributed by atoms with Crippen LogP contribution < -0.4 is 5.32 Å². The second-order valence-electron chi connectivity index (χ2n) is 5.53. The summed E-state index contributed by atoms with van der Waals surface area (Å²) in [7, 11) is 0. The Morgan fingerprint density at radius 3 is 2.88 bits per heavy atom. The number of benzene rings is 2. The number of rotatable bonds is 2. The maximum atomic E-state index is 13.4. The zero-order chi connectivity index (χ0) is 16.7. The molecule has 0 radical (unpaired) electrons. The Balaban J connectivity index is 1.75. The van der Waals surface area contributed by atoms with Gasteiger partial charge in [-0.15, -0.1) is 0 Å². The lowest BCUT2D eigenvalue weighted by atomic mass is 10.1. The van der Waals surface area contributed by atoms with E-state index in [0.29, 0.717) is 27.7 Å². The van der Waals surface area contributed by atoms with E-state index in [4.69, 9.17) is 4.42 Å². The number of halogens is 1. The number of amides is 1. The summed E-state index contributed by atoms with van der Waals surface area (Å²) in [5.74, 6) is -0.581. The van der Waals surface area contributed by atoms with Gasteiger partial charge < -0.3 is 9.73 Å². The Morgan fingerprint density at radius 1 is 1.17 bits per heavy atom. The lowest BCUT2D eigenvalue weighted by Crippen LogP contribution is -2.12. The van der Waals surface area contributed by atoms with Crippen LogP contribution in [0.5, 0.6) is 0 Å². The van der Waals surface area contributed by atoms with Crippen molar-refractivity contribution in [2.24, 2.45) is 0 Å². The summed E-state index contributed by atoms with van der Waals surface area (Å²) in [6.45, 7) is 1.74. The van der Waals surface area contributed by atoms with Crippen LogP contribution >= 0.6 is 0 Å². The molecule has 0 bridgehead atoms. The molecule has 0 saturated heterocycles. The topological polar surface area (TPSA) is 55.1 Å². The summed E-state index contributed by atoms with van der Waals surface area (Å²) >= 11 is 0. The van der Waals surface area contributed by atoms with Gasteiger partial charge in [-0.1, -0.05) is 18.2 Å². The van der Waals surface area contributed by atoms with Crippen molar-refractivity contribution in [2.75, 3.05) is 5.32 Å². The molecule has 0 atom stereocenters. The van der Waals surface area contributed by atoms with Crippen LogP contribution in [-0.4, -0.2) is 10.9 Å². The molecule has 118 valence electrons. The number of fused-ring (bicyclic) bond motifs is 2. The smallest absolute Gasteiger partial charge is 0.291 e. The summed E-state index contributed by atoms with van der Waals surface area (Å²) in [4.78, 5) is 16.9. The number of aryl methyl sites for hydroxylation is 1. The van der Waals surface area contributed by atoms with Crippen molar-refractivity contribution in [2.45, 2.75) is 6.92 Å². The minimum atomic E-state index is -0.387. The lowest BCUT2D eigenvalue weighted by molar-refractivity contribution is 0.0998. The molecule has 0 aliphatic carbocycles. The van der Waals surface area contributed by atoms with Crippen LogP contribution in [0.1, 0.15) is 16.1 Å². The number of para-hydroxylation sites is 1. The number of carbonyl (C=O) groups excluding carboxylic acids is 1. The van der Waals surface area contributed by atoms with E-state index >= 15 is 0 Å². The molecule has 1 N–H and O–H groups in total. The Kier molecular flexibility index (Phi) is 3.27. The maximum Gasteiger partial charge on any atom is 0.291 e. The molecule has 0 saturated carbocycles. The molecule has 0 fully saturated rings. The first-order valence-corrected chi connectivity index (χ1v) is 7.47. The van der Waals surface area contributed by atoms with Gasteiger partial charge in [-0.2, -0.15) is 0 Å². The summed E-state index contributed by atoms with van der Waals surface area (Å²) in [6.07, 6.45) is 1.67. The van der Waals surface area contributed by atoms with Crippen LogP contribution in [0, 0.1) is 12.7 Å². The van der Waals surface area contributed by atoms with Crippen LogP contribution in [0.15, 0.2) is 59.1 Å². The number of nitrogens with one attached hydrogen (secondary N) is 1. The van der Waals surface area contributed by atoms with Gasteiger partial charge in [-0.05, 0) is 37.3 Å². The van der Waals surface area contributed by atoms with E-state index < -0.39 is 0 Å². The summed E-state index contributed by atoms with van der Waals surface area (Å²) in [6, 6.07) is 13.5. The number of hydrogen-bond acceptors (Lipinski definition) is 3. The first-order valence-electron chi connectivity index (χ1n) is 7.47. The van der Waals surface area contributed by atoms with E-state index in [9.17, 15) is 9.18 Å². The third-order valence-corrected chi connectivity index (χ3v) is 3.99. The lowest BCUT2D eigenvalue weighted by Gasteiger charge is -2.07. The standard InChI is InChI=1S/C19H13FN2O2/c1-11-14-10-13(20)7-8-16(14)24-18(11)19(23)22-15-6-2-4-12-5-3-9-21-17(12)15/h2-10H,1H3,(H,22,23). The normalized spacial score (nSPS) is 11.1. The predicted molar refractivity (Wildman–Crippen MR) is 90.6 cm³/mol. The van der Waals surface area contributed by atoms with Crippen molar-refractivity contribution in [3.63, 3.8) is 0 Å². The van der Waals surface area contributed by atoms with Crippen LogP contribution in [0.2, 0.25) is 0 Å². The van der Waals surface area contributed by atoms with Crippen LogP contribution in [-0.2, 0) is 0 Å². The van der Waals surface area contributed by atoms with E-state index in [2.05, 4.69) is 10.3 Å². The number of pyridine rings is 1. The molecule has 4 aromatic rings. The largest absolute Gasteiger partial charge is 0.451 e. The molecular weight excluding hydrogens is 307 g/mol. The summed E-state index contributed by atoms with van der Waals surface area (Å²) in [5.41, 5.74) is 2.39. The maximum absolute atomic E-state index is 13.4. The quantitative estimate of drug-likeness (QED) is 0.583. The van der Waals surface area contributed by atoms with E-state index in [1.165, 1.54) is 18.2 Å².